The number of hydrogen-bond donors (Lipinski definition) is 2. The molecule has 7 nitrogen and oxygen atoms in total. The number of aromatic nitrogens is 2. The normalized spacial score (nSPS) is 20.6. The third-order valence-corrected chi connectivity index (χ3v) is 5.44. The van der Waals surface area contributed by atoms with Crippen molar-refractivity contribution in [1.82, 2.24) is 19.4 Å². The Hall–Kier alpha value is -0.960. The Bertz CT molecular complexity index is 570. The molecule has 1 fully saturated rings. The maximum atomic E-state index is 12.4. The first-order valence-electron chi connectivity index (χ1n) is 7.80. The van der Waals surface area contributed by atoms with E-state index in [1.165, 1.54) is 16.9 Å². The highest BCUT2D eigenvalue weighted by atomic mass is 32.2. The van der Waals surface area contributed by atoms with Crippen molar-refractivity contribution in [1.29, 1.82) is 0 Å². The van der Waals surface area contributed by atoms with Crippen molar-refractivity contribution in [3.8, 4) is 0 Å². The van der Waals surface area contributed by atoms with Crippen LogP contribution in [0.1, 0.15) is 32.7 Å². The topological polar surface area (TPSA) is 87.5 Å². The Morgan fingerprint density at radius 1 is 1.50 bits per heavy atom. The van der Waals surface area contributed by atoms with Crippen LogP contribution in [0.2, 0.25) is 0 Å². The van der Waals surface area contributed by atoms with Crippen LogP contribution in [-0.4, -0.2) is 61.0 Å². The molecule has 0 spiro atoms. The minimum atomic E-state index is -3.54. The molecule has 0 unspecified atom stereocenters. The lowest BCUT2D eigenvalue weighted by Crippen LogP contribution is -2.41. The van der Waals surface area contributed by atoms with E-state index >= 15 is 0 Å². The SMILES string of the molecule is CC(C)n1nccc1S(=O)(=O)NCCN1CCC[C@@H](CO)C1. The second-order valence-electron chi connectivity index (χ2n) is 6.10. The van der Waals surface area contributed by atoms with E-state index in [0.717, 1.165) is 25.9 Å². The molecule has 0 bridgehead atoms. The molecule has 0 aliphatic carbocycles. The molecule has 0 saturated carbocycles. The fourth-order valence-electron chi connectivity index (χ4n) is 2.82. The third-order valence-electron chi connectivity index (χ3n) is 3.98. The number of piperidine rings is 1. The number of aliphatic hydroxyl groups excluding tert-OH is 1. The lowest BCUT2D eigenvalue weighted by molar-refractivity contribution is 0.122. The van der Waals surface area contributed by atoms with Gasteiger partial charge in [0.1, 0.15) is 0 Å². The molecule has 2 heterocycles. The fourth-order valence-corrected chi connectivity index (χ4v) is 4.07. The molecule has 0 amide bonds. The smallest absolute Gasteiger partial charge is 0.257 e. The molecule has 8 heteroatoms. The Kier molecular flexibility index (Phi) is 5.96. The zero-order valence-electron chi connectivity index (χ0n) is 13.3. The molecule has 1 aromatic heterocycles. The molecule has 2 N–H and O–H groups in total. The van der Waals surface area contributed by atoms with Crippen LogP contribution in [0.25, 0.3) is 0 Å². The monoisotopic (exact) mass is 330 g/mol. The summed E-state index contributed by atoms with van der Waals surface area (Å²) < 4.78 is 28.8. The van der Waals surface area contributed by atoms with E-state index in [0.29, 0.717) is 19.0 Å². The van der Waals surface area contributed by atoms with Crippen molar-refractivity contribution in [3.05, 3.63) is 12.3 Å². The van der Waals surface area contributed by atoms with E-state index in [1.54, 1.807) is 0 Å². The Labute approximate surface area is 132 Å². The third kappa shape index (κ3) is 4.28. The molecule has 0 radical (unpaired) electrons. The van der Waals surface area contributed by atoms with E-state index in [9.17, 15) is 13.5 Å². The Balaban J connectivity index is 1.89. The molecule has 126 valence electrons. The van der Waals surface area contributed by atoms with E-state index in [4.69, 9.17) is 0 Å². The Morgan fingerprint density at radius 3 is 2.95 bits per heavy atom. The van der Waals surface area contributed by atoms with E-state index in [2.05, 4.69) is 14.7 Å². The van der Waals surface area contributed by atoms with Crippen LogP contribution >= 0.6 is 0 Å². The largest absolute Gasteiger partial charge is 0.396 e. The van der Waals surface area contributed by atoms with Crippen molar-refractivity contribution in [2.45, 2.75) is 37.8 Å². The average molecular weight is 330 g/mol. The first-order chi connectivity index (χ1) is 10.4. The van der Waals surface area contributed by atoms with Gasteiger partial charge >= 0.3 is 0 Å². The second-order valence-corrected chi connectivity index (χ2v) is 7.81. The number of nitrogens with zero attached hydrogens (tertiary/aromatic N) is 3. The molecule has 2 rings (SSSR count). The van der Waals surface area contributed by atoms with Gasteiger partial charge in [-0.3, -0.25) is 4.68 Å². The summed E-state index contributed by atoms with van der Waals surface area (Å²) >= 11 is 0. The number of hydrogen-bond acceptors (Lipinski definition) is 5. The lowest BCUT2D eigenvalue weighted by Gasteiger charge is -2.31. The molecule has 1 saturated heterocycles. The van der Waals surface area contributed by atoms with Crippen LogP contribution in [0.4, 0.5) is 0 Å². The van der Waals surface area contributed by atoms with Crippen LogP contribution in [0.3, 0.4) is 0 Å². The van der Waals surface area contributed by atoms with Crippen LogP contribution in [0, 0.1) is 5.92 Å². The lowest BCUT2D eigenvalue weighted by atomic mass is 9.99. The van der Waals surface area contributed by atoms with E-state index in [-0.39, 0.29) is 17.7 Å². The first-order valence-corrected chi connectivity index (χ1v) is 9.28. The summed E-state index contributed by atoms with van der Waals surface area (Å²) in [6.45, 7) is 6.82. The molecular weight excluding hydrogens is 304 g/mol. The van der Waals surface area contributed by atoms with Crippen LogP contribution in [0.15, 0.2) is 17.3 Å². The van der Waals surface area contributed by atoms with Crippen LogP contribution in [-0.2, 0) is 10.0 Å². The van der Waals surface area contributed by atoms with Crippen LogP contribution < -0.4 is 4.72 Å². The summed E-state index contributed by atoms with van der Waals surface area (Å²) in [5, 5.41) is 13.5. The molecule has 1 aliphatic rings. The summed E-state index contributed by atoms with van der Waals surface area (Å²) in [6.07, 6.45) is 3.61. The minimum absolute atomic E-state index is 0.00557. The van der Waals surface area contributed by atoms with Crippen molar-refractivity contribution in [2.24, 2.45) is 5.92 Å². The van der Waals surface area contributed by atoms with Gasteiger partial charge in [0.15, 0.2) is 5.03 Å². The summed E-state index contributed by atoms with van der Waals surface area (Å²) in [5.41, 5.74) is 0. The second kappa shape index (κ2) is 7.54. The zero-order chi connectivity index (χ0) is 16.2. The van der Waals surface area contributed by atoms with Gasteiger partial charge in [-0.25, -0.2) is 13.1 Å². The van der Waals surface area contributed by atoms with Gasteiger partial charge in [0.25, 0.3) is 10.0 Å². The standard InChI is InChI=1S/C14H26N4O3S/c1-12(2)18-14(5-6-15-18)22(20,21)16-7-9-17-8-3-4-13(10-17)11-19/h5-6,12-13,16,19H,3-4,7-11H2,1-2H3/t13-/m1/s1. The predicted molar refractivity (Wildman–Crippen MR) is 84.1 cm³/mol. The summed E-state index contributed by atoms with van der Waals surface area (Å²) in [6, 6.07) is 1.51. The number of likely N-dealkylation sites (tertiary alicyclic amines) is 1. The van der Waals surface area contributed by atoms with Gasteiger partial charge in [-0.2, -0.15) is 5.10 Å². The Morgan fingerprint density at radius 2 is 2.27 bits per heavy atom. The highest BCUT2D eigenvalue weighted by molar-refractivity contribution is 7.89. The summed E-state index contributed by atoms with van der Waals surface area (Å²) in [4.78, 5) is 2.20. The summed E-state index contributed by atoms with van der Waals surface area (Å²) in [5.74, 6) is 0.313. The quantitative estimate of drug-likeness (QED) is 0.758. The first kappa shape index (κ1) is 17.4. The van der Waals surface area contributed by atoms with Crippen molar-refractivity contribution >= 4 is 10.0 Å². The molecule has 1 aliphatic heterocycles. The maximum Gasteiger partial charge on any atom is 0.257 e. The van der Waals surface area contributed by atoms with E-state index in [1.807, 2.05) is 13.8 Å². The minimum Gasteiger partial charge on any atom is -0.396 e. The van der Waals surface area contributed by atoms with Gasteiger partial charge in [0.05, 0.1) is 6.20 Å². The van der Waals surface area contributed by atoms with Crippen molar-refractivity contribution < 1.29 is 13.5 Å². The molecular formula is C14H26N4O3S. The maximum absolute atomic E-state index is 12.4. The van der Waals surface area contributed by atoms with Crippen molar-refractivity contribution in [2.75, 3.05) is 32.8 Å². The van der Waals surface area contributed by atoms with E-state index < -0.39 is 10.0 Å². The number of rotatable bonds is 7. The van der Waals surface area contributed by atoms with Gasteiger partial charge < -0.3 is 10.0 Å². The molecule has 22 heavy (non-hydrogen) atoms. The summed E-state index contributed by atoms with van der Waals surface area (Å²) in [7, 11) is -3.54. The highest BCUT2D eigenvalue weighted by Crippen LogP contribution is 2.16. The van der Waals surface area contributed by atoms with Gasteiger partial charge in [0.2, 0.25) is 0 Å². The van der Waals surface area contributed by atoms with Gasteiger partial charge in [-0.15, -0.1) is 0 Å². The average Bonchev–Trinajstić information content (AvgIpc) is 2.98. The number of sulfonamides is 1. The zero-order valence-corrected chi connectivity index (χ0v) is 14.1. The van der Waals surface area contributed by atoms with Gasteiger partial charge in [-0.1, -0.05) is 0 Å². The molecule has 1 aromatic rings. The number of aliphatic hydroxyl groups is 1. The number of nitrogens with one attached hydrogen (secondary N) is 1. The molecule has 0 aromatic carbocycles. The van der Waals surface area contributed by atoms with Gasteiger partial charge in [0, 0.05) is 32.3 Å². The van der Waals surface area contributed by atoms with Gasteiger partial charge in [-0.05, 0) is 45.2 Å². The predicted octanol–water partition coefficient (Wildman–Crippen LogP) is 0.447. The fraction of sp³-hybridized carbons (Fsp3) is 0.786. The van der Waals surface area contributed by atoms with Crippen molar-refractivity contribution in [3.63, 3.8) is 0 Å². The van der Waals surface area contributed by atoms with Crippen LogP contribution in [0.5, 0.6) is 0 Å². The molecule has 1 atom stereocenters. The highest BCUT2D eigenvalue weighted by Gasteiger charge is 2.22.